The summed E-state index contributed by atoms with van der Waals surface area (Å²) in [6, 6.07) is 12.2. The van der Waals surface area contributed by atoms with Gasteiger partial charge in [-0.2, -0.15) is 0 Å². The summed E-state index contributed by atoms with van der Waals surface area (Å²) in [5.74, 6) is 1.66. The number of likely N-dealkylation sites (tertiary alicyclic amines) is 1. The number of carbonyl (C=O) groups is 1. The quantitative estimate of drug-likeness (QED) is 0.732. The van der Waals surface area contributed by atoms with Crippen LogP contribution in [0.3, 0.4) is 0 Å². The minimum absolute atomic E-state index is 0.271. The van der Waals surface area contributed by atoms with Crippen LogP contribution in [0.5, 0.6) is 0 Å². The Labute approximate surface area is 152 Å². The molecule has 5 nitrogen and oxygen atoms in total. The molecule has 1 unspecified atom stereocenters. The van der Waals surface area contributed by atoms with Crippen molar-refractivity contribution in [1.29, 1.82) is 0 Å². The molecule has 0 radical (unpaired) electrons. The van der Waals surface area contributed by atoms with Gasteiger partial charge in [-0.15, -0.1) is 0 Å². The molecule has 3 aromatic rings. The summed E-state index contributed by atoms with van der Waals surface area (Å²) in [6.07, 6.45) is 6.55. The summed E-state index contributed by atoms with van der Waals surface area (Å²) in [5, 5.41) is 0. The van der Waals surface area contributed by atoms with Gasteiger partial charge in [-0.25, -0.2) is 4.98 Å². The number of fused-ring (bicyclic) bond motifs is 1. The van der Waals surface area contributed by atoms with E-state index in [-0.39, 0.29) is 5.41 Å². The van der Waals surface area contributed by atoms with Crippen LogP contribution in [0.4, 0.5) is 0 Å². The monoisotopic (exact) mass is 346 g/mol. The van der Waals surface area contributed by atoms with E-state index in [1.54, 1.807) is 6.20 Å². The molecule has 2 aromatic heterocycles. The number of rotatable bonds is 3. The minimum atomic E-state index is -0.271. The van der Waals surface area contributed by atoms with Crippen LogP contribution >= 0.6 is 0 Å². The van der Waals surface area contributed by atoms with Gasteiger partial charge in [0.25, 0.3) is 0 Å². The van der Waals surface area contributed by atoms with Crippen LogP contribution in [0.1, 0.15) is 36.6 Å². The molecule has 5 heteroatoms. The zero-order chi connectivity index (χ0) is 17.7. The SMILES string of the molecule is Cn1c(C2CCN(C(=O)C3(c4ccccc4)CC3)C2)nc2ccncc21. The summed E-state index contributed by atoms with van der Waals surface area (Å²) in [7, 11) is 2.04. The van der Waals surface area contributed by atoms with Gasteiger partial charge >= 0.3 is 0 Å². The fourth-order valence-corrected chi connectivity index (χ4v) is 4.39. The standard InChI is InChI=1S/C21H22N4O/c1-24-18-13-22-11-7-17(18)23-19(24)15-8-12-25(14-15)20(26)21(9-10-21)16-5-3-2-4-6-16/h2-7,11,13,15H,8-10,12,14H2,1H3. The van der Waals surface area contributed by atoms with E-state index in [1.807, 2.05) is 37.5 Å². The Morgan fingerprint density at radius 2 is 2.00 bits per heavy atom. The first-order valence-electron chi connectivity index (χ1n) is 9.30. The Bertz CT molecular complexity index is 974. The van der Waals surface area contributed by atoms with E-state index < -0.39 is 0 Å². The van der Waals surface area contributed by atoms with Gasteiger partial charge in [0.2, 0.25) is 5.91 Å². The minimum Gasteiger partial charge on any atom is -0.341 e. The summed E-state index contributed by atoms with van der Waals surface area (Å²) in [5.41, 5.74) is 2.93. The normalized spacial score (nSPS) is 21.3. The average molecular weight is 346 g/mol. The first kappa shape index (κ1) is 15.6. The second kappa shape index (κ2) is 5.66. The summed E-state index contributed by atoms with van der Waals surface area (Å²) in [6.45, 7) is 1.58. The van der Waals surface area contributed by atoms with Crippen LogP contribution in [0.2, 0.25) is 0 Å². The lowest BCUT2D eigenvalue weighted by Gasteiger charge is -2.23. The summed E-state index contributed by atoms with van der Waals surface area (Å²) < 4.78 is 2.13. The lowest BCUT2D eigenvalue weighted by Crippen LogP contribution is -2.37. The van der Waals surface area contributed by atoms with E-state index >= 15 is 0 Å². The summed E-state index contributed by atoms with van der Waals surface area (Å²) >= 11 is 0. The van der Waals surface area contributed by atoms with Crippen molar-refractivity contribution in [3.8, 4) is 0 Å². The Hall–Kier alpha value is -2.69. The molecule has 0 N–H and O–H groups in total. The molecular formula is C21H22N4O. The molecule has 1 aromatic carbocycles. The van der Waals surface area contributed by atoms with E-state index in [1.165, 1.54) is 5.56 Å². The van der Waals surface area contributed by atoms with Crippen molar-refractivity contribution in [3.05, 3.63) is 60.2 Å². The molecule has 2 fully saturated rings. The third-order valence-electron chi connectivity index (χ3n) is 6.04. The lowest BCUT2D eigenvalue weighted by atomic mass is 9.94. The first-order chi connectivity index (χ1) is 12.7. The van der Waals surface area contributed by atoms with E-state index in [2.05, 4.69) is 26.6 Å². The molecule has 0 spiro atoms. The highest BCUT2D eigenvalue weighted by molar-refractivity contribution is 5.91. The van der Waals surface area contributed by atoms with E-state index in [4.69, 9.17) is 4.98 Å². The third-order valence-corrected chi connectivity index (χ3v) is 6.04. The second-order valence-corrected chi connectivity index (χ2v) is 7.58. The van der Waals surface area contributed by atoms with Gasteiger partial charge in [-0.05, 0) is 30.9 Å². The smallest absolute Gasteiger partial charge is 0.233 e. The highest BCUT2D eigenvalue weighted by Crippen LogP contribution is 2.50. The molecule has 2 aliphatic rings. The molecule has 5 rings (SSSR count). The number of aromatic nitrogens is 3. The number of amides is 1. The molecule has 1 amide bonds. The van der Waals surface area contributed by atoms with Crippen molar-refractivity contribution in [2.45, 2.75) is 30.6 Å². The molecule has 132 valence electrons. The molecule has 1 saturated heterocycles. The molecule has 26 heavy (non-hydrogen) atoms. The molecule has 3 heterocycles. The van der Waals surface area contributed by atoms with Gasteiger partial charge < -0.3 is 9.47 Å². The number of benzene rings is 1. The van der Waals surface area contributed by atoms with Crippen molar-refractivity contribution in [2.24, 2.45) is 7.05 Å². The van der Waals surface area contributed by atoms with Crippen LogP contribution in [-0.4, -0.2) is 38.4 Å². The number of hydrogen-bond donors (Lipinski definition) is 0. The zero-order valence-corrected chi connectivity index (χ0v) is 14.9. The molecule has 1 aliphatic carbocycles. The van der Waals surface area contributed by atoms with Crippen molar-refractivity contribution in [2.75, 3.05) is 13.1 Å². The topological polar surface area (TPSA) is 51.0 Å². The highest BCUT2D eigenvalue weighted by Gasteiger charge is 2.53. The predicted octanol–water partition coefficient (Wildman–Crippen LogP) is 3.02. The maximum absolute atomic E-state index is 13.3. The van der Waals surface area contributed by atoms with Crippen LogP contribution in [0.15, 0.2) is 48.8 Å². The van der Waals surface area contributed by atoms with Crippen LogP contribution in [-0.2, 0) is 17.3 Å². The average Bonchev–Trinajstić information content (AvgIpc) is 3.24. The van der Waals surface area contributed by atoms with Crippen molar-refractivity contribution in [1.82, 2.24) is 19.4 Å². The summed E-state index contributed by atoms with van der Waals surface area (Å²) in [4.78, 5) is 24.3. The van der Waals surface area contributed by atoms with Crippen LogP contribution < -0.4 is 0 Å². The van der Waals surface area contributed by atoms with Gasteiger partial charge in [-0.1, -0.05) is 30.3 Å². The Morgan fingerprint density at radius 3 is 2.73 bits per heavy atom. The highest BCUT2D eigenvalue weighted by atomic mass is 16.2. The molecule has 0 bridgehead atoms. The lowest BCUT2D eigenvalue weighted by molar-refractivity contribution is -0.132. The molecule has 1 saturated carbocycles. The van der Waals surface area contributed by atoms with Crippen LogP contribution in [0, 0.1) is 0 Å². The van der Waals surface area contributed by atoms with Crippen molar-refractivity contribution >= 4 is 16.9 Å². The van der Waals surface area contributed by atoms with Gasteiger partial charge in [0.1, 0.15) is 5.82 Å². The number of hydrogen-bond acceptors (Lipinski definition) is 3. The Morgan fingerprint density at radius 1 is 1.19 bits per heavy atom. The first-order valence-corrected chi connectivity index (χ1v) is 9.30. The van der Waals surface area contributed by atoms with Gasteiger partial charge in [0.15, 0.2) is 0 Å². The number of nitrogens with zero attached hydrogens (tertiary/aromatic N) is 4. The number of aryl methyl sites for hydroxylation is 1. The van der Waals surface area contributed by atoms with E-state index in [0.29, 0.717) is 11.8 Å². The molecule has 1 aliphatic heterocycles. The van der Waals surface area contributed by atoms with Crippen LogP contribution in [0.25, 0.3) is 11.0 Å². The predicted molar refractivity (Wildman–Crippen MR) is 99.8 cm³/mol. The van der Waals surface area contributed by atoms with Crippen molar-refractivity contribution < 1.29 is 4.79 Å². The zero-order valence-electron chi connectivity index (χ0n) is 14.9. The van der Waals surface area contributed by atoms with E-state index in [9.17, 15) is 4.79 Å². The number of imidazole rings is 1. The third kappa shape index (κ3) is 2.26. The van der Waals surface area contributed by atoms with Gasteiger partial charge in [-0.3, -0.25) is 9.78 Å². The Kier molecular flexibility index (Phi) is 3.39. The van der Waals surface area contributed by atoms with Gasteiger partial charge in [0.05, 0.1) is 22.6 Å². The van der Waals surface area contributed by atoms with E-state index in [0.717, 1.165) is 49.2 Å². The Balaban J connectivity index is 1.39. The van der Waals surface area contributed by atoms with Gasteiger partial charge in [0, 0.05) is 32.3 Å². The largest absolute Gasteiger partial charge is 0.341 e. The second-order valence-electron chi connectivity index (χ2n) is 7.58. The van der Waals surface area contributed by atoms with Crippen molar-refractivity contribution in [3.63, 3.8) is 0 Å². The molecular weight excluding hydrogens is 324 g/mol. The number of pyridine rings is 1. The maximum Gasteiger partial charge on any atom is 0.233 e. The fraction of sp³-hybridized carbons (Fsp3) is 0.381. The number of carbonyl (C=O) groups excluding carboxylic acids is 1. The molecule has 1 atom stereocenters. The fourth-order valence-electron chi connectivity index (χ4n) is 4.39. The maximum atomic E-state index is 13.3.